The van der Waals surface area contributed by atoms with Crippen LogP contribution in [0.15, 0.2) is 42.0 Å². The molecule has 0 saturated heterocycles. The van der Waals surface area contributed by atoms with Crippen molar-refractivity contribution in [3.05, 3.63) is 47.5 Å². The van der Waals surface area contributed by atoms with Crippen LogP contribution in [0.4, 0.5) is 8.78 Å². The molecule has 1 rings (SSSR count). The van der Waals surface area contributed by atoms with Gasteiger partial charge < -0.3 is 5.11 Å². The maximum atomic E-state index is 12.9. The molecule has 0 aliphatic carbocycles. The van der Waals surface area contributed by atoms with Crippen molar-refractivity contribution in [3.8, 4) is 0 Å². The van der Waals surface area contributed by atoms with Gasteiger partial charge in [0, 0.05) is 0 Å². The van der Waals surface area contributed by atoms with E-state index >= 15 is 0 Å². The van der Waals surface area contributed by atoms with Gasteiger partial charge in [0.25, 0.3) is 0 Å². The second-order valence-corrected chi connectivity index (χ2v) is 2.69. The SMILES string of the molecule is C/C(F)=C(/F)C(O)c1ccccc1. The first-order valence-electron chi connectivity index (χ1n) is 3.87. The fourth-order valence-electron chi connectivity index (χ4n) is 0.970. The Morgan fingerprint density at radius 1 is 1.23 bits per heavy atom. The van der Waals surface area contributed by atoms with Crippen LogP contribution in [0.3, 0.4) is 0 Å². The topological polar surface area (TPSA) is 20.2 Å². The normalized spacial score (nSPS) is 15.1. The molecule has 1 aromatic carbocycles. The summed E-state index contributed by atoms with van der Waals surface area (Å²) >= 11 is 0. The molecule has 0 aliphatic heterocycles. The predicted octanol–water partition coefficient (Wildman–Crippen LogP) is 2.89. The third-order valence-electron chi connectivity index (χ3n) is 1.68. The Labute approximate surface area is 75.3 Å². The molecule has 0 spiro atoms. The lowest BCUT2D eigenvalue weighted by Gasteiger charge is -2.07. The first-order chi connectivity index (χ1) is 6.13. The van der Waals surface area contributed by atoms with E-state index in [0.29, 0.717) is 5.56 Å². The van der Waals surface area contributed by atoms with Gasteiger partial charge in [0.1, 0.15) is 11.9 Å². The zero-order valence-electron chi connectivity index (χ0n) is 7.17. The molecule has 70 valence electrons. The Morgan fingerprint density at radius 2 is 1.77 bits per heavy atom. The van der Waals surface area contributed by atoms with Crippen LogP contribution in [-0.4, -0.2) is 5.11 Å². The average molecular weight is 184 g/mol. The van der Waals surface area contributed by atoms with Crippen molar-refractivity contribution < 1.29 is 13.9 Å². The molecule has 0 heterocycles. The Balaban J connectivity index is 2.93. The number of hydrogen-bond acceptors (Lipinski definition) is 1. The van der Waals surface area contributed by atoms with Crippen molar-refractivity contribution in [1.82, 2.24) is 0 Å². The van der Waals surface area contributed by atoms with Gasteiger partial charge in [-0.1, -0.05) is 30.3 Å². The van der Waals surface area contributed by atoms with Crippen LogP contribution in [0.1, 0.15) is 18.6 Å². The summed E-state index contributed by atoms with van der Waals surface area (Å²) < 4.78 is 25.2. The van der Waals surface area contributed by atoms with Gasteiger partial charge in [-0.05, 0) is 12.5 Å². The van der Waals surface area contributed by atoms with Gasteiger partial charge in [0.05, 0.1) is 0 Å². The molecule has 13 heavy (non-hydrogen) atoms. The van der Waals surface area contributed by atoms with Gasteiger partial charge in [-0.2, -0.15) is 0 Å². The second-order valence-electron chi connectivity index (χ2n) is 2.69. The summed E-state index contributed by atoms with van der Waals surface area (Å²) in [5.74, 6) is -2.12. The fourth-order valence-corrected chi connectivity index (χ4v) is 0.970. The molecular formula is C10H10F2O. The summed E-state index contributed by atoms with van der Waals surface area (Å²) in [6, 6.07) is 8.11. The molecule has 0 radical (unpaired) electrons. The van der Waals surface area contributed by atoms with Crippen molar-refractivity contribution in [3.63, 3.8) is 0 Å². The second kappa shape index (κ2) is 4.14. The van der Waals surface area contributed by atoms with Gasteiger partial charge in [-0.15, -0.1) is 0 Å². The first kappa shape index (κ1) is 9.86. The zero-order valence-corrected chi connectivity index (χ0v) is 7.17. The third-order valence-corrected chi connectivity index (χ3v) is 1.68. The molecule has 1 nitrogen and oxygen atoms in total. The number of halogens is 2. The minimum atomic E-state index is -1.49. The minimum absolute atomic E-state index is 0.344. The Hall–Kier alpha value is -1.22. The van der Waals surface area contributed by atoms with E-state index in [4.69, 9.17) is 0 Å². The monoisotopic (exact) mass is 184 g/mol. The number of aliphatic hydroxyl groups is 1. The highest BCUT2D eigenvalue weighted by molar-refractivity contribution is 5.23. The average Bonchev–Trinajstić information content (AvgIpc) is 2.17. The maximum absolute atomic E-state index is 12.9. The van der Waals surface area contributed by atoms with E-state index in [1.807, 2.05) is 0 Å². The van der Waals surface area contributed by atoms with Gasteiger partial charge >= 0.3 is 0 Å². The maximum Gasteiger partial charge on any atom is 0.164 e. The van der Waals surface area contributed by atoms with Crippen molar-refractivity contribution >= 4 is 0 Å². The van der Waals surface area contributed by atoms with Gasteiger partial charge in [0.15, 0.2) is 5.83 Å². The lowest BCUT2D eigenvalue weighted by molar-refractivity contribution is 0.180. The van der Waals surface area contributed by atoms with E-state index in [1.165, 1.54) is 12.1 Å². The van der Waals surface area contributed by atoms with E-state index in [0.717, 1.165) is 6.92 Å². The van der Waals surface area contributed by atoms with Crippen molar-refractivity contribution in [2.75, 3.05) is 0 Å². The van der Waals surface area contributed by atoms with Crippen LogP contribution in [-0.2, 0) is 0 Å². The standard InChI is InChI=1S/C10H10F2O/c1-7(11)9(12)10(13)8-5-3-2-4-6-8/h2-6,10,13H,1H3/b9-7-. The molecular weight excluding hydrogens is 174 g/mol. The molecule has 0 amide bonds. The van der Waals surface area contributed by atoms with Gasteiger partial charge in [-0.25, -0.2) is 8.78 Å². The predicted molar refractivity (Wildman–Crippen MR) is 46.3 cm³/mol. The van der Waals surface area contributed by atoms with Crippen LogP contribution in [0.25, 0.3) is 0 Å². The molecule has 1 N–H and O–H groups in total. The largest absolute Gasteiger partial charge is 0.381 e. The van der Waals surface area contributed by atoms with Crippen LogP contribution in [0, 0.1) is 0 Å². The van der Waals surface area contributed by atoms with Crippen molar-refractivity contribution in [1.29, 1.82) is 0 Å². The molecule has 0 fully saturated rings. The van der Waals surface area contributed by atoms with E-state index in [-0.39, 0.29) is 0 Å². The first-order valence-corrected chi connectivity index (χ1v) is 3.87. The Morgan fingerprint density at radius 3 is 2.23 bits per heavy atom. The highest BCUT2D eigenvalue weighted by atomic mass is 19.2. The molecule has 1 atom stereocenters. The number of rotatable bonds is 2. The highest BCUT2D eigenvalue weighted by Gasteiger charge is 2.15. The quantitative estimate of drug-likeness (QED) is 0.749. The van der Waals surface area contributed by atoms with E-state index in [9.17, 15) is 13.9 Å². The summed E-state index contributed by atoms with van der Waals surface area (Å²) in [6.45, 7) is 0.974. The van der Waals surface area contributed by atoms with Crippen LogP contribution >= 0.6 is 0 Å². The molecule has 1 unspecified atom stereocenters. The Bertz CT molecular complexity index is 302. The van der Waals surface area contributed by atoms with Crippen LogP contribution in [0.5, 0.6) is 0 Å². The van der Waals surface area contributed by atoms with Gasteiger partial charge in [0.2, 0.25) is 0 Å². The van der Waals surface area contributed by atoms with Crippen molar-refractivity contribution in [2.24, 2.45) is 0 Å². The van der Waals surface area contributed by atoms with Crippen LogP contribution in [0.2, 0.25) is 0 Å². The van der Waals surface area contributed by atoms with Crippen LogP contribution < -0.4 is 0 Å². The highest BCUT2D eigenvalue weighted by Crippen LogP contribution is 2.25. The van der Waals surface area contributed by atoms with Crippen molar-refractivity contribution in [2.45, 2.75) is 13.0 Å². The summed E-state index contributed by atoms with van der Waals surface area (Å²) in [6.07, 6.45) is -1.49. The minimum Gasteiger partial charge on any atom is -0.381 e. The Kier molecular flexibility index (Phi) is 3.14. The number of hydrogen-bond donors (Lipinski definition) is 1. The molecule has 1 aromatic rings. The lowest BCUT2D eigenvalue weighted by atomic mass is 10.1. The third kappa shape index (κ3) is 2.36. The molecule has 3 heteroatoms. The van der Waals surface area contributed by atoms with E-state index < -0.39 is 17.8 Å². The number of allylic oxidation sites excluding steroid dienone is 1. The summed E-state index contributed by atoms with van der Waals surface area (Å²) in [4.78, 5) is 0. The molecule has 0 aromatic heterocycles. The van der Waals surface area contributed by atoms with Gasteiger partial charge in [-0.3, -0.25) is 0 Å². The number of aliphatic hydroxyl groups excluding tert-OH is 1. The molecule has 0 aliphatic rings. The van der Waals surface area contributed by atoms with E-state index in [1.54, 1.807) is 18.2 Å². The molecule has 0 saturated carbocycles. The molecule has 0 bridgehead atoms. The van der Waals surface area contributed by atoms with E-state index in [2.05, 4.69) is 0 Å². The summed E-state index contributed by atoms with van der Waals surface area (Å²) in [7, 11) is 0. The smallest absolute Gasteiger partial charge is 0.164 e. The zero-order chi connectivity index (χ0) is 9.84. The lowest BCUT2D eigenvalue weighted by Crippen LogP contribution is -1.98. The number of benzene rings is 1. The summed E-state index contributed by atoms with van der Waals surface area (Å²) in [5, 5.41) is 9.29. The fraction of sp³-hybridized carbons (Fsp3) is 0.200. The summed E-state index contributed by atoms with van der Waals surface area (Å²) in [5.41, 5.74) is 0.344.